The van der Waals surface area contributed by atoms with Crippen LogP contribution in [-0.2, 0) is 0 Å². The zero-order valence-electron chi connectivity index (χ0n) is 7.46. The number of hydrogen-bond acceptors (Lipinski definition) is 2. The van der Waals surface area contributed by atoms with Gasteiger partial charge in [-0.3, -0.25) is 4.98 Å². The van der Waals surface area contributed by atoms with Crippen LogP contribution in [0.3, 0.4) is 0 Å². The number of rotatable bonds is 1. The number of nitrogens with zero attached hydrogens (tertiary/aromatic N) is 3. The normalized spacial score (nSPS) is 9.36. The Kier molecular flexibility index (Phi) is 2.20. The summed E-state index contributed by atoms with van der Waals surface area (Å²) in [6.07, 6.45) is 3.42. The van der Waals surface area contributed by atoms with Crippen LogP contribution in [0.4, 0.5) is 5.69 Å². The molecular weight excluding hydrogens is 174 g/mol. The van der Waals surface area contributed by atoms with E-state index in [0.29, 0.717) is 5.69 Å². The van der Waals surface area contributed by atoms with Gasteiger partial charge >= 0.3 is 5.69 Å². The Balaban J connectivity index is 2.58. The minimum absolute atomic E-state index is 0.568. The summed E-state index contributed by atoms with van der Waals surface area (Å²) < 4.78 is 0. The SMILES string of the molecule is N#[N+]c1ccccc1-c1ccncc1. The maximum Gasteiger partial charge on any atom is 0.392 e. The van der Waals surface area contributed by atoms with E-state index in [1.54, 1.807) is 18.5 Å². The van der Waals surface area contributed by atoms with Crippen LogP contribution in [0.5, 0.6) is 0 Å². The lowest BCUT2D eigenvalue weighted by Crippen LogP contribution is -1.77. The lowest BCUT2D eigenvalue weighted by molar-refractivity contribution is 1.33. The molecule has 0 amide bonds. The molecule has 0 bridgehead atoms. The fourth-order valence-corrected chi connectivity index (χ4v) is 1.34. The molecule has 2 rings (SSSR count). The molecule has 1 aromatic carbocycles. The van der Waals surface area contributed by atoms with Crippen LogP contribution in [0.1, 0.15) is 0 Å². The van der Waals surface area contributed by atoms with Crippen molar-refractivity contribution in [2.45, 2.75) is 0 Å². The van der Waals surface area contributed by atoms with Crippen LogP contribution in [0.15, 0.2) is 48.8 Å². The lowest BCUT2D eigenvalue weighted by atomic mass is 10.1. The third-order valence-electron chi connectivity index (χ3n) is 2.00. The van der Waals surface area contributed by atoms with Gasteiger partial charge in [0.2, 0.25) is 5.39 Å². The number of benzene rings is 1. The highest BCUT2D eigenvalue weighted by atomic mass is 14.8. The molecule has 14 heavy (non-hydrogen) atoms. The van der Waals surface area contributed by atoms with E-state index in [0.717, 1.165) is 11.1 Å². The Bertz CT molecular complexity index is 471. The first-order valence-corrected chi connectivity index (χ1v) is 4.26. The van der Waals surface area contributed by atoms with Gasteiger partial charge in [-0.15, -0.1) is 0 Å². The molecule has 0 fully saturated rings. The average molecular weight is 182 g/mol. The maximum absolute atomic E-state index is 8.79. The van der Waals surface area contributed by atoms with Gasteiger partial charge in [-0.05, 0) is 23.8 Å². The largest absolute Gasteiger partial charge is 0.392 e. The summed E-state index contributed by atoms with van der Waals surface area (Å²) in [5.74, 6) is 0. The van der Waals surface area contributed by atoms with E-state index >= 15 is 0 Å². The molecule has 0 aliphatic heterocycles. The highest BCUT2D eigenvalue weighted by Crippen LogP contribution is 2.29. The second-order valence-corrected chi connectivity index (χ2v) is 2.85. The van der Waals surface area contributed by atoms with Crippen molar-refractivity contribution in [2.24, 2.45) is 0 Å². The van der Waals surface area contributed by atoms with E-state index in [2.05, 4.69) is 9.96 Å². The first kappa shape index (κ1) is 8.39. The van der Waals surface area contributed by atoms with Gasteiger partial charge < -0.3 is 0 Å². The van der Waals surface area contributed by atoms with Crippen molar-refractivity contribution in [1.29, 1.82) is 5.39 Å². The highest BCUT2D eigenvalue weighted by molar-refractivity contribution is 5.77. The molecule has 0 spiro atoms. The first-order valence-electron chi connectivity index (χ1n) is 4.26. The Hall–Kier alpha value is -2.21. The van der Waals surface area contributed by atoms with Crippen molar-refractivity contribution in [3.63, 3.8) is 0 Å². The van der Waals surface area contributed by atoms with Crippen molar-refractivity contribution < 1.29 is 0 Å². The van der Waals surface area contributed by atoms with E-state index in [1.165, 1.54) is 0 Å². The van der Waals surface area contributed by atoms with Gasteiger partial charge in [0.15, 0.2) is 4.98 Å². The second-order valence-electron chi connectivity index (χ2n) is 2.85. The third kappa shape index (κ3) is 1.46. The zero-order valence-corrected chi connectivity index (χ0v) is 7.46. The second kappa shape index (κ2) is 3.67. The zero-order chi connectivity index (χ0) is 9.80. The van der Waals surface area contributed by atoms with Gasteiger partial charge in [0.25, 0.3) is 0 Å². The number of diazo groups is 1. The third-order valence-corrected chi connectivity index (χ3v) is 2.00. The first-order chi connectivity index (χ1) is 6.92. The van der Waals surface area contributed by atoms with Gasteiger partial charge in [-0.1, -0.05) is 12.1 Å². The predicted octanol–water partition coefficient (Wildman–Crippen LogP) is 3.23. The van der Waals surface area contributed by atoms with Crippen molar-refractivity contribution in [1.82, 2.24) is 4.98 Å². The van der Waals surface area contributed by atoms with E-state index in [4.69, 9.17) is 5.39 Å². The number of pyridine rings is 1. The summed E-state index contributed by atoms with van der Waals surface area (Å²) >= 11 is 0. The topological polar surface area (TPSA) is 41.0 Å². The number of hydrogen-bond donors (Lipinski definition) is 0. The molecule has 2 aromatic rings. The van der Waals surface area contributed by atoms with Crippen LogP contribution >= 0.6 is 0 Å². The molecule has 0 unspecified atom stereocenters. The average Bonchev–Trinajstić information content (AvgIpc) is 2.30. The van der Waals surface area contributed by atoms with Crippen LogP contribution < -0.4 is 0 Å². The monoisotopic (exact) mass is 182 g/mol. The molecule has 0 aliphatic carbocycles. The van der Waals surface area contributed by atoms with Crippen LogP contribution in [0.25, 0.3) is 16.1 Å². The molecule has 0 N–H and O–H groups in total. The molecule has 3 heteroatoms. The maximum atomic E-state index is 8.79. The van der Waals surface area contributed by atoms with Crippen molar-refractivity contribution in [3.05, 3.63) is 53.8 Å². The van der Waals surface area contributed by atoms with Crippen molar-refractivity contribution in [2.75, 3.05) is 0 Å². The van der Waals surface area contributed by atoms with E-state index in [-0.39, 0.29) is 0 Å². The summed E-state index contributed by atoms with van der Waals surface area (Å²) in [4.78, 5) is 7.16. The van der Waals surface area contributed by atoms with E-state index < -0.39 is 0 Å². The molecular formula is C11H8N3+. The van der Waals surface area contributed by atoms with Gasteiger partial charge in [0.1, 0.15) is 0 Å². The number of aromatic nitrogens is 1. The standard InChI is InChI=1S/C11H8N3/c12-14-11-4-2-1-3-10(11)9-5-7-13-8-6-9/h1-8H/q+1. The quantitative estimate of drug-likeness (QED) is 0.635. The summed E-state index contributed by atoms with van der Waals surface area (Å²) in [6.45, 7) is 0. The lowest BCUT2D eigenvalue weighted by Gasteiger charge is -1.95. The van der Waals surface area contributed by atoms with Gasteiger partial charge in [0.05, 0.1) is 5.56 Å². The fourth-order valence-electron chi connectivity index (χ4n) is 1.34. The van der Waals surface area contributed by atoms with E-state index in [1.807, 2.05) is 30.3 Å². The molecule has 0 saturated carbocycles. The smallest absolute Gasteiger partial charge is 0.265 e. The Labute approximate surface area is 81.7 Å². The molecule has 0 atom stereocenters. The van der Waals surface area contributed by atoms with Crippen LogP contribution in [0.2, 0.25) is 0 Å². The molecule has 1 aromatic heterocycles. The molecule has 0 radical (unpaired) electrons. The van der Waals surface area contributed by atoms with Gasteiger partial charge in [-0.25, -0.2) is 0 Å². The molecule has 66 valence electrons. The minimum atomic E-state index is 0.568. The van der Waals surface area contributed by atoms with Crippen molar-refractivity contribution in [3.8, 4) is 11.1 Å². The molecule has 3 nitrogen and oxygen atoms in total. The summed E-state index contributed by atoms with van der Waals surface area (Å²) in [5.41, 5.74) is 2.46. The summed E-state index contributed by atoms with van der Waals surface area (Å²) in [5, 5.41) is 8.79. The summed E-state index contributed by atoms with van der Waals surface area (Å²) in [7, 11) is 0. The Morgan fingerprint density at radius 2 is 1.71 bits per heavy atom. The van der Waals surface area contributed by atoms with Crippen LogP contribution in [0, 0.1) is 5.39 Å². The van der Waals surface area contributed by atoms with Crippen LogP contribution in [-0.4, -0.2) is 4.98 Å². The minimum Gasteiger partial charge on any atom is -0.265 e. The van der Waals surface area contributed by atoms with Gasteiger partial charge in [-0.2, -0.15) is 0 Å². The molecule has 0 aliphatic rings. The highest BCUT2D eigenvalue weighted by Gasteiger charge is 2.12. The Morgan fingerprint density at radius 1 is 1.00 bits per heavy atom. The fraction of sp³-hybridized carbons (Fsp3) is 0. The van der Waals surface area contributed by atoms with Gasteiger partial charge in [0, 0.05) is 18.5 Å². The molecule has 0 saturated heterocycles. The summed E-state index contributed by atoms with van der Waals surface area (Å²) in [6, 6.07) is 11.2. The molecule has 1 heterocycles. The van der Waals surface area contributed by atoms with E-state index in [9.17, 15) is 0 Å². The Morgan fingerprint density at radius 3 is 2.43 bits per heavy atom. The van der Waals surface area contributed by atoms with Crippen molar-refractivity contribution >= 4 is 5.69 Å². The predicted molar refractivity (Wildman–Crippen MR) is 54.4 cm³/mol.